The Hall–Kier alpha value is -2.18. The Morgan fingerprint density at radius 1 is 1.60 bits per heavy atom. The molecule has 6 nitrogen and oxygen atoms in total. The molecule has 0 unspecified atom stereocenters. The van der Waals surface area contributed by atoms with Gasteiger partial charge in [0.25, 0.3) is 0 Å². The van der Waals surface area contributed by atoms with E-state index < -0.39 is 28.9 Å². The summed E-state index contributed by atoms with van der Waals surface area (Å²) < 4.78 is 13.0. The third-order valence-electron chi connectivity index (χ3n) is 1.60. The zero-order valence-electron chi connectivity index (χ0n) is 7.44. The maximum absolute atomic E-state index is 13.0. The highest BCUT2D eigenvalue weighted by atomic mass is 19.1. The van der Waals surface area contributed by atoms with Gasteiger partial charge in [-0.25, -0.2) is 0 Å². The topological polar surface area (TPSA) is 92.5 Å². The number of para-hydroxylation sites is 1. The Labute approximate surface area is 83.5 Å². The molecule has 0 saturated carbocycles. The van der Waals surface area contributed by atoms with E-state index in [4.69, 9.17) is 5.11 Å². The number of carboxylic acids is 1. The van der Waals surface area contributed by atoms with Crippen molar-refractivity contribution in [2.45, 2.75) is 0 Å². The number of hydrogen-bond donors (Lipinski definition) is 2. The van der Waals surface area contributed by atoms with Crippen LogP contribution in [0, 0.1) is 15.9 Å². The zero-order chi connectivity index (χ0) is 11.4. The number of anilines is 1. The van der Waals surface area contributed by atoms with E-state index in [9.17, 15) is 19.3 Å². The van der Waals surface area contributed by atoms with Crippen LogP contribution in [0.4, 0.5) is 15.8 Å². The average Bonchev–Trinajstić information content (AvgIpc) is 2.13. The van der Waals surface area contributed by atoms with Gasteiger partial charge in [0.2, 0.25) is 5.82 Å². The molecule has 0 aliphatic heterocycles. The molecular weight excluding hydrogens is 207 g/mol. The van der Waals surface area contributed by atoms with E-state index in [0.717, 1.165) is 6.07 Å². The molecule has 0 saturated heterocycles. The molecule has 0 amide bonds. The predicted octanol–water partition coefficient (Wildman–Crippen LogP) is 1.23. The fourth-order valence-corrected chi connectivity index (χ4v) is 1.01. The molecule has 2 N–H and O–H groups in total. The number of nitro groups is 1. The molecule has 0 heterocycles. The molecule has 0 bridgehead atoms. The van der Waals surface area contributed by atoms with E-state index in [1.54, 1.807) is 0 Å². The van der Waals surface area contributed by atoms with Gasteiger partial charge in [-0.15, -0.1) is 0 Å². The van der Waals surface area contributed by atoms with Crippen LogP contribution in [0.25, 0.3) is 0 Å². The summed E-state index contributed by atoms with van der Waals surface area (Å²) in [4.78, 5) is 19.8. The summed E-state index contributed by atoms with van der Waals surface area (Å²) in [6.07, 6.45) is 0. The van der Waals surface area contributed by atoms with Gasteiger partial charge in [0.05, 0.1) is 4.92 Å². The van der Waals surface area contributed by atoms with Crippen LogP contribution in [0.2, 0.25) is 0 Å². The van der Waals surface area contributed by atoms with E-state index in [1.807, 2.05) is 0 Å². The van der Waals surface area contributed by atoms with Crippen molar-refractivity contribution in [2.24, 2.45) is 0 Å². The van der Waals surface area contributed by atoms with Gasteiger partial charge < -0.3 is 10.4 Å². The van der Waals surface area contributed by atoms with E-state index in [-0.39, 0.29) is 5.69 Å². The number of nitrogens with zero attached hydrogens (tertiary/aromatic N) is 1. The van der Waals surface area contributed by atoms with Gasteiger partial charge >= 0.3 is 11.7 Å². The lowest BCUT2D eigenvalue weighted by atomic mass is 10.2. The third-order valence-corrected chi connectivity index (χ3v) is 1.60. The Balaban J connectivity index is 3.01. The van der Waals surface area contributed by atoms with E-state index in [1.165, 1.54) is 12.1 Å². The van der Waals surface area contributed by atoms with Gasteiger partial charge in [-0.05, 0) is 12.1 Å². The SMILES string of the molecule is O=C(O)CNc1cccc(F)c1[N+](=O)[O-]. The number of carboxylic acid groups (broad SMARTS) is 1. The Morgan fingerprint density at radius 2 is 2.27 bits per heavy atom. The first kappa shape index (κ1) is 10.9. The van der Waals surface area contributed by atoms with Crippen molar-refractivity contribution in [1.29, 1.82) is 0 Å². The molecule has 0 atom stereocenters. The van der Waals surface area contributed by atoms with Crippen molar-refractivity contribution >= 4 is 17.3 Å². The fraction of sp³-hybridized carbons (Fsp3) is 0.125. The van der Waals surface area contributed by atoms with Crippen molar-refractivity contribution in [1.82, 2.24) is 0 Å². The van der Waals surface area contributed by atoms with Crippen LogP contribution in [-0.2, 0) is 4.79 Å². The highest BCUT2D eigenvalue weighted by molar-refractivity contribution is 5.74. The van der Waals surface area contributed by atoms with Gasteiger partial charge in [0, 0.05) is 0 Å². The molecule has 0 fully saturated rings. The molecule has 0 aromatic heterocycles. The lowest BCUT2D eigenvalue weighted by molar-refractivity contribution is -0.386. The largest absolute Gasteiger partial charge is 0.480 e. The number of aliphatic carboxylic acids is 1. The smallest absolute Gasteiger partial charge is 0.327 e. The molecule has 1 rings (SSSR count). The van der Waals surface area contributed by atoms with Crippen LogP contribution in [0.15, 0.2) is 18.2 Å². The number of carbonyl (C=O) groups is 1. The zero-order valence-corrected chi connectivity index (χ0v) is 7.44. The average molecular weight is 214 g/mol. The summed E-state index contributed by atoms with van der Waals surface area (Å²) in [5.74, 6) is -2.19. The molecule has 15 heavy (non-hydrogen) atoms. The van der Waals surface area contributed by atoms with Crippen molar-refractivity contribution < 1.29 is 19.2 Å². The van der Waals surface area contributed by atoms with Crippen LogP contribution in [-0.4, -0.2) is 22.5 Å². The minimum absolute atomic E-state index is 0.151. The van der Waals surface area contributed by atoms with Crippen molar-refractivity contribution in [3.8, 4) is 0 Å². The van der Waals surface area contributed by atoms with Gasteiger partial charge in [0.15, 0.2) is 0 Å². The summed E-state index contributed by atoms with van der Waals surface area (Å²) in [5.41, 5.74) is -0.902. The molecule has 1 aromatic rings. The number of hydrogen-bond acceptors (Lipinski definition) is 4. The molecule has 0 aliphatic carbocycles. The van der Waals surface area contributed by atoms with Gasteiger partial charge in [0.1, 0.15) is 12.2 Å². The van der Waals surface area contributed by atoms with Gasteiger partial charge in [-0.2, -0.15) is 4.39 Å². The number of benzene rings is 1. The fourth-order valence-electron chi connectivity index (χ4n) is 1.01. The minimum Gasteiger partial charge on any atom is -0.480 e. The molecule has 0 radical (unpaired) electrons. The second kappa shape index (κ2) is 4.36. The van der Waals surface area contributed by atoms with Crippen LogP contribution in [0.3, 0.4) is 0 Å². The van der Waals surface area contributed by atoms with Crippen LogP contribution in [0.5, 0.6) is 0 Å². The first-order valence-electron chi connectivity index (χ1n) is 3.91. The Morgan fingerprint density at radius 3 is 2.80 bits per heavy atom. The second-order valence-electron chi connectivity index (χ2n) is 2.64. The van der Waals surface area contributed by atoms with Gasteiger partial charge in [-0.3, -0.25) is 14.9 Å². The summed E-state index contributed by atoms with van der Waals surface area (Å²) in [6, 6.07) is 3.43. The number of halogens is 1. The maximum Gasteiger partial charge on any atom is 0.327 e. The lowest BCUT2D eigenvalue weighted by Crippen LogP contribution is -2.13. The molecule has 80 valence electrons. The van der Waals surface area contributed by atoms with E-state index in [2.05, 4.69) is 5.32 Å². The van der Waals surface area contributed by atoms with Crippen molar-refractivity contribution in [3.05, 3.63) is 34.1 Å². The van der Waals surface area contributed by atoms with E-state index >= 15 is 0 Å². The molecule has 0 aliphatic rings. The third kappa shape index (κ3) is 2.63. The number of rotatable bonds is 4. The molecule has 1 aromatic carbocycles. The summed E-state index contributed by atoms with van der Waals surface area (Å²) >= 11 is 0. The maximum atomic E-state index is 13.0. The first-order valence-corrected chi connectivity index (χ1v) is 3.91. The monoisotopic (exact) mass is 214 g/mol. The lowest BCUT2D eigenvalue weighted by Gasteiger charge is -2.04. The minimum atomic E-state index is -1.19. The second-order valence-corrected chi connectivity index (χ2v) is 2.64. The highest BCUT2D eigenvalue weighted by Crippen LogP contribution is 2.26. The van der Waals surface area contributed by atoms with Crippen molar-refractivity contribution in [3.63, 3.8) is 0 Å². The summed E-state index contributed by atoms with van der Waals surface area (Å²) in [6.45, 7) is -0.510. The Bertz CT molecular complexity index is 408. The van der Waals surface area contributed by atoms with Crippen LogP contribution in [0.1, 0.15) is 0 Å². The quantitative estimate of drug-likeness (QED) is 0.580. The summed E-state index contributed by atoms with van der Waals surface area (Å²) in [5, 5.41) is 21.1. The molecule has 7 heteroatoms. The molecular formula is C8H7FN2O4. The summed E-state index contributed by atoms with van der Waals surface area (Å²) in [7, 11) is 0. The van der Waals surface area contributed by atoms with Crippen LogP contribution >= 0.6 is 0 Å². The number of nitrogens with one attached hydrogen (secondary N) is 1. The normalized spacial score (nSPS) is 9.67. The highest BCUT2D eigenvalue weighted by Gasteiger charge is 2.19. The predicted molar refractivity (Wildman–Crippen MR) is 49.2 cm³/mol. The van der Waals surface area contributed by atoms with Crippen molar-refractivity contribution in [2.75, 3.05) is 11.9 Å². The van der Waals surface area contributed by atoms with Gasteiger partial charge in [-0.1, -0.05) is 6.07 Å². The van der Waals surface area contributed by atoms with Crippen LogP contribution < -0.4 is 5.32 Å². The molecule has 0 spiro atoms. The standard InChI is InChI=1S/C8H7FN2O4/c9-5-2-1-3-6(8(5)11(14)15)10-4-7(12)13/h1-3,10H,4H2,(H,12,13). The number of nitro benzene ring substituents is 1. The van der Waals surface area contributed by atoms with E-state index in [0.29, 0.717) is 0 Å². The first-order chi connectivity index (χ1) is 7.02. The Kier molecular flexibility index (Phi) is 3.17.